The number of nitrogens with one attached hydrogen (secondary N) is 4. The van der Waals surface area contributed by atoms with Crippen molar-refractivity contribution < 1.29 is 26.4 Å². The molecule has 0 saturated heterocycles. The second-order valence-electron chi connectivity index (χ2n) is 14.9. The Hall–Kier alpha value is -3.95. The number of rotatable bonds is 13. The summed E-state index contributed by atoms with van der Waals surface area (Å²) >= 11 is 0. The molecule has 1 heterocycles. The van der Waals surface area contributed by atoms with Gasteiger partial charge in [0.1, 0.15) is 5.75 Å². The molecule has 3 aromatic rings. The van der Waals surface area contributed by atoms with E-state index in [2.05, 4.69) is 37.3 Å². The lowest BCUT2D eigenvalue weighted by Gasteiger charge is -2.18. The van der Waals surface area contributed by atoms with Gasteiger partial charge in [-0.15, -0.1) is 0 Å². The van der Waals surface area contributed by atoms with Crippen LogP contribution in [0.3, 0.4) is 0 Å². The standard InChI is InChI=1S/C37H49N7O6S2/c1-23(17-24-18-28-21-27-9-6-12-32(27)35(33(28)19-24)40-36(45)42-51(47,48)16-3-2-14-38)44-15-13-29(41-44)22-52(49,50)43-37(46)39-34-30-10-4-7-25(30)20-26-8-5-11-31(26)34/h13,15,20-21,23-24H,2-12,14,16-19,22,38H2,1H3,(H2,39,43,46)(H2,40,42,45). The molecule has 0 aliphatic heterocycles. The lowest BCUT2D eigenvalue weighted by molar-refractivity contribution is 0.255. The smallest absolute Gasteiger partial charge is 0.330 e. The molecule has 2 unspecified atom stereocenters. The Kier molecular flexibility index (Phi) is 10.4. The number of carbonyl (C=O) groups is 2. The van der Waals surface area contributed by atoms with Crippen molar-refractivity contribution in [2.45, 2.75) is 109 Å². The second-order valence-corrected chi connectivity index (χ2v) is 18.5. The number of fused-ring (bicyclic) bond motifs is 4. The maximum atomic E-state index is 13.1. The zero-order chi connectivity index (χ0) is 36.6. The number of benzene rings is 2. The molecule has 2 atom stereocenters. The lowest BCUT2D eigenvalue weighted by atomic mass is 9.97. The molecule has 2 aromatic carbocycles. The Balaban J connectivity index is 0.962. The van der Waals surface area contributed by atoms with E-state index in [4.69, 9.17) is 5.73 Å². The summed E-state index contributed by atoms with van der Waals surface area (Å²) in [7, 11) is -7.79. The average molecular weight is 752 g/mol. The first-order chi connectivity index (χ1) is 24.9. The number of anilines is 2. The highest BCUT2D eigenvalue weighted by atomic mass is 32.2. The van der Waals surface area contributed by atoms with E-state index in [-0.39, 0.29) is 17.7 Å². The minimum atomic E-state index is -4.01. The molecule has 280 valence electrons. The molecule has 4 aliphatic carbocycles. The van der Waals surface area contributed by atoms with Gasteiger partial charge in [-0.25, -0.2) is 35.9 Å². The maximum absolute atomic E-state index is 13.1. The first-order valence-corrected chi connectivity index (χ1v) is 21.9. The molecule has 0 radical (unpaired) electrons. The van der Waals surface area contributed by atoms with E-state index in [1.165, 1.54) is 22.3 Å². The summed E-state index contributed by atoms with van der Waals surface area (Å²) in [5, 5.41) is 10.4. The number of hydrogen-bond acceptors (Lipinski definition) is 8. The van der Waals surface area contributed by atoms with Crippen LogP contribution in [0.4, 0.5) is 21.0 Å². The molecular weight excluding hydrogens is 703 g/mol. The van der Waals surface area contributed by atoms with Crippen molar-refractivity contribution in [3.63, 3.8) is 0 Å². The minimum Gasteiger partial charge on any atom is -0.330 e. The summed E-state index contributed by atoms with van der Waals surface area (Å²) < 4.78 is 57.2. The molecule has 15 heteroatoms. The molecule has 0 spiro atoms. The van der Waals surface area contributed by atoms with Crippen molar-refractivity contribution in [3.8, 4) is 0 Å². The molecule has 4 aliphatic rings. The average Bonchev–Trinajstić information content (AvgIpc) is 3.90. The summed E-state index contributed by atoms with van der Waals surface area (Å²) in [5.74, 6) is -0.336. The number of aryl methyl sites for hydroxylation is 3. The highest BCUT2D eigenvalue weighted by molar-refractivity contribution is 7.90. The Bertz CT molecular complexity index is 2080. The predicted octanol–water partition coefficient (Wildman–Crippen LogP) is 4.56. The summed E-state index contributed by atoms with van der Waals surface area (Å²) in [6.07, 6.45) is 13.6. The van der Waals surface area contributed by atoms with Crippen molar-refractivity contribution in [1.82, 2.24) is 19.2 Å². The number of hydrogen-bond donors (Lipinski definition) is 5. The van der Waals surface area contributed by atoms with Crippen LogP contribution in [-0.2, 0) is 77.2 Å². The van der Waals surface area contributed by atoms with E-state index >= 15 is 0 Å². The molecule has 0 fully saturated rings. The van der Waals surface area contributed by atoms with E-state index in [0.29, 0.717) is 25.1 Å². The number of aromatic nitrogens is 2. The normalized spacial score (nSPS) is 18.0. The maximum Gasteiger partial charge on any atom is 0.332 e. The van der Waals surface area contributed by atoms with Crippen LogP contribution in [0.15, 0.2) is 24.4 Å². The number of unbranched alkanes of at least 4 members (excludes halogenated alkanes) is 1. The highest BCUT2D eigenvalue weighted by Gasteiger charge is 2.32. The third-order valence-corrected chi connectivity index (χ3v) is 13.5. The molecule has 7 rings (SSSR count). The first kappa shape index (κ1) is 36.4. The van der Waals surface area contributed by atoms with Crippen LogP contribution in [0, 0.1) is 5.92 Å². The zero-order valence-corrected chi connectivity index (χ0v) is 31.4. The third kappa shape index (κ3) is 8.01. The fourth-order valence-electron chi connectivity index (χ4n) is 8.79. The SMILES string of the molecule is CC(CC1Cc2cc3c(c(NC(=O)NS(=O)(=O)CCCCN)c2C1)CCC3)n1ccc(CS(=O)(=O)NC(=O)Nc2c3c(cc4c2CCC4)CCC3)n1. The van der Waals surface area contributed by atoms with Gasteiger partial charge in [0.15, 0.2) is 0 Å². The van der Waals surface area contributed by atoms with Crippen LogP contribution < -0.4 is 25.8 Å². The van der Waals surface area contributed by atoms with Crippen molar-refractivity contribution in [2.75, 3.05) is 22.9 Å². The van der Waals surface area contributed by atoms with Gasteiger partial charge in [-0.2, -0.15) is 5.10 Å². The van der Waals surface area contributed by atoms with Gasteiger partial charge in [-0.05, 0) is 160 Å². The van der Waals surface area contributed by atoms with Gasteiger partial charge in [0.25, 0.3) is 0 Å². The fraction of sp³-hybridized carbons (Fsp3) is 0.541. The number of urea groups is 2. The number of carbonyl (C=O) groups excluding carboxylic acids is 2. The van der Waals surface area contributed by atoms with Gasteiger partial charge in [0.2, 0.25) is 20.0 Å². The van der Waals surface area contributed by atoms with Gasteiger partial charge in [-0.1, -0.05) is 12.1 Å². The number of nitrogens with zero attached hydrogens (tertiary/aromatic N) is 2. The quantitative estimate of drug-likeness (QED) is 0.157. The summed E-state index contributed by atoms with van der Waals surface area (Å²) in [6.45, 7) is 2.43. The van der Waals surface area contributed by atoms with Crippen LogP contribution in [0.1, 0.15) is 102 Å². The summed E-state index contributed by atoms with van der Waals surface area (Å²) in [5.41, 5.74) is 16.6. The van der Waals surface area contributed by atoms with Gasteiger partial charge < -0.3 is 16.4 Å². The van der Waals surface area contributed by atoms with Crippen LogP contribution in [-0.4, -0.2) is 51.0 Å². The summed E-state index contributed by atoms with van der Waals surface area (Å²) in [4.78, 5) is 25.9. The van der Waals surface area contributed by atoms with E-state index in [1.807, 2.05) is 6.92 Å². The Morgan fingerprint density at radius 1 is 0.788 bits per heavy atom. The van der Waals surface area contributed by atoms with Crippen LogP contribution >= 0.6 is 0 Å². The van der Waals surface area contributed by atoms with Crippen molar-refractivity contribution in [2.24, 2.45) is 11.7 Å². The Labute approximate surface area is 306 Å². The second kappa shape index (κ2) is 14.8. The Morgan fingerprint density at radius 3 is 1.94 bits per heavy atom. The molecular formula is C37H49N7O6S2. The van der Waals surface area contributed by atoms with Crippen molar-refractivity contribution >= 4 is 43.5 Å². The fourth-order valence-corrected chi connectivity index (χ4v) is 10.8. The highest BCUT2D eigenvalue weighted by Crippen LogP contribution is 2.42. The number of nitrogens with two attached hydrogens (primary N) is 1. The van der Waals surface area contributed by atoms with E-state index in [1.54, 1.807) is 16.9 Å². The molecule has 0 saturated carbocycles. The van der Waals surface area contributed by atoms with Gasteiger partial charge >= 0.3 is 12.1 Å². The molecule has 0 bridgehead atoms. The predicted molar refractivity (Wildman–Crippen MR) is 200 cm³/mol. The number of amides is 4. The van der Waals surface area contributed by atoms with Crippen molar-refractivity contribution in [3.05, 3.63) is 74.6 Å². The van der Waals surface area contributed by atoms with Crippen molar-refractivity contribution in [1.29, 1.82) is 0 Å². The van der Waals surface area contributed by atoms with Gasteiger partial charge in [0.05, 0.1) is 11.4 Å². The van der Waals surface area contributed by atoms with E-state index < -0.39 is 37.9 Å². The van der Waals surface area contributed by atoms with Crippen LogP contribution in [0.2, 0.25) is 0 Å². The third-order valence-electron chi connectivity index (χ3n) is 11.0. The van der Waals surface area contributed by atoms with Crippen LogP contribution in [0.5, 0.6) is 0 Å². The van der Waals surface area contributed by atoms with E-state index in [0.717, 1.165) is 111 Å². The number of sulfonamides is 2. The molecule has 6 N–H and O–H groups in total. The Morgan fingerprint density at radius 2 is 1.35 bits per heavy atom. The van der Waals surface area contributed by atoms with Gasteiger partial charge in [0, 0.05) is 23.6 Å². The minimum absolute atomic E-state index is 0.0421. The summed E-state index contributed by atoms with van der Waals surface area (Å²) in [6, 6.07) is 4.64. The topological polar surface area (TPSA) is 194 Å². The molecule has 1 aromatic heterocycles. The lowest BCUT2D eigenvalue weighted by Crippen LogP contribution is -2.36. The largest absolute Gasteiger partial charge is 0.332 e. The monoisotopic (exact) mass is 751 g/mol. The zero-order valence-electron chi connectivity index (χ0n) is 29.7. The van der Waals surface area contributed by atoms with Crippen LogP contribution in [0.25, 0.3) is 0 Å². The molecule has 52 heavy (non-hydrogen) atoms. The first-order valence-electron chi connectivity index (χ1n) is 18.6. The molecule has 13 nitrogen and oxygen atoms in total. The van der Waals surface area contributed by atoms with Gasteiger partial charge in [-0.3, -0.25) is 4.68 Å². The molecule has 4 amide bonds. The van der Waals surface area contributed by atoms with E-state index in [9.17, 15) is 26.4 Å².